The Morgan fingerprint density at radius 2 is 2.00 bits per heavy atom. The van der Waals surface area contributed by atoms with Gasteiger partial charge in [-0.1, -0.05) is 0 Å². The van der Waals surface area contributed by atoms with Gasteiger partial charge in [0, 0.05) is 37.5 Å². The maximum absolute atomic E-state index is 13.1. The number of ketones is 1. The Labute approximate surface area is 146 Å². The highest BCUT2D eigenvalue weighted by molar-refractivity contribution is 5.97. The zero-order valence-corrected chi connectivity index (χ0v) is 14.5. The number of carbonyl (C=O) groups excluding carboxylic acids is 2. The van der Waals surface area contributed by atoms with E-state index < -0.39 is 11.6 Å². The highest BCUT2D eigenvalue weighted by atomic mass is 35.5. The Hall–Kier alpha value is -1.53. The predicted octanol–water partition coefficient (Wildman–Crippen LogP) is 2.94. The molecule has 1 aromatic carbocycles. The highest BCUT2D eigenvalue weighted by Gasteiger charge is 2.26. The Bertz CT molecular complexity index is 596. The second-order valence-electron chi connectivity index (χ2n) is 6.15. The molecule has 1 fully saturated rings. The summed E-state index contributed by atoms with van der Waals surface area (Å²) < 4.78 is 26.0. The molecule has 1 aliphatic rings. The van der Waals surface area contributed by atoms with Gasteiger partial charge < -0.3 is 10.6 Å². The van der Waals surface area contributed by atoms with E-state index in [1.807, 2.05) is 6.92 Å². The van der Waals surface area contributed by atoms with Crippen LogP contribution in [-0.2, 0) is 4.79 Å². The number of Topliss-reactive ketones (excluding diaryl/α,β-unsaturated/α-hetero) is 1. The number of nitrogens with two attached hydrogens (primary N) is 1. The molecular weight excluding hydrogens is 338 g/mol. The third-order valence-electron chi connectivity index (χ3n) is 4.36. The predicted molar refractivity (Wildman–Crippen MR) is 90.1 cm³/mol. The molecule has 24 heavy (non-hydrogen) atoms. The zero-order chi connectivity index (χ0) is 17.0. The number of likely N-dealkylation sites (tertiary alicyclic amines) is 1. The summed E-state index contributed by atoms with van der Waals surface area (Å²) in [7, 11) is 0. The first kappa shape index (κ1) is 20.5. The average molecular weight is 361 g/mol. The van der Waals surface area contributed by atoms with Gasteiger partial charge in [-0.05, 0) is 43.9 Å². The molecule has 7 heteroatoms. The van der Waals surface area contributed by atoms with Crippen LogP contribution < -0.4 is 5.73 Å². The van der Waals surface area contributed by atoms with Crippen LogP contribution in [-0.4, -0.2) is 35.7 Å². The summed E-state index contributed by atoms with van der Waals surface area (Å²) in [6.45, 7) is 3.24. The number of rotatable bonds is 5. The molecule has 1 saturated heterocycles. The summed E-state index contributed by atoms with van der Waals surface area (Å²) in [5.41, 5.74) is 5.98. The lowest BCUT2D eigenvalue weighted by Crippen LogP contribution is -2.45. The molecule has 0 aliphatic carbocycles. The van der Waals surface area contributed by atoms with E-state index in [-0.39, 0.29) is 54.5 Å². The van der Waals surface area contributed by atoms with E-state index in [4.69, 9.17) is 5.73 Å². The minimum absolute atomic E-state index is 0. The fraction of sp³-hybridized carbons (Fsp3) is 0.529. The van der Waals surface area contributed by atoms with Crippen molar-refractivity contribution in [1.29, 1.82) is 0 Å². The topological polar surface area (TPSA) is 63.4 Å². The normalized spacial score (nSPS) is 18.7. The summed E-state index contributed by atoms with van der Waals surface area (Å²) in [5.74, 6) is -2.22. The van der Waals surface area contributed by atoms with Gasteiger partial charge >= 0.3 is 0 Å². The van der Waals surface area contributed by atoms with Crippen molar-refractivity contribution in [3.8, 4) is 0 Å². The number of amides is 1. The molecule has 0 radical (unpaired) electrons. The van der Waals surface area contributed by atoms with Gasteiger partial charge in [0.1, 0.15) is 0 Å². The Kier molecular flexibility index (Phi) is 7.76. The highest BCUT2D eigenvalue weighted by Crippen LogP contribution is 2.20. The zero-order valence-electron chi connectivity index (χ0n) is 13.6. The molecule has 0 saturated carbocycles. The summed E-state index contributed by atoms with van der Waals surface area (Å²) in [5, 5.41) is 0. The van der Waals surface area contributed by atoms with Gasteiger partial charge in [-0.15, -0.1) is 12.4 Å². The molecule has 4 nitrogen and oxygen atoms in total. The van der Waals surface area contributed by atoms with E-state index >= 15 is 0 Å². The van der Waals surface area contributed by atoms with Crippen molar-refractivity contribution in [2.24, 2.45) is 11.7 Å². The van der Waals surface area contributed by atoms with Crippen LogP contribution in [0.25, 0.3) is 0 Å². The van der Waals surface area contributed by atoms with E-state index in [1.54, 1.807) is 4.90 Å². The third-order valence-corrected chi connectivity index (χ3v) is 4.36. The molecule has 0 spiro atoms. The van der Waals surface area contributed by atoms with Crippen LogP contribution in [0.2, 0.25) is 0 Å². The van der Waals surface area contributed by atoms with Crippen LogP contribution >= 0.6 is 12.4 Å². The van der Waals surface area contributed by atoms with Crippen molar-refractivity contribution in [2.75, 3.05) is 13.1 Å². The number of piperidine rings is 1. The first-order valence-electron chi connectivity index (χ1n) is 7.90. The van der Waals surface area contributed by atoms with Gasteiger partial charge in [-0.2, -0.15) is 0 Å². The average Bonchev–Trinajstić information content (AvgIpc) is 2.54. The Morgan fingerprint density at radius 1 is 1.29 bits per heavy atom. The van der Waals surface area contributed by atoms with Gasteiger partial charge in [0.05, 0.1) is 0 Å². The minimum Gasteiger partial charge on any atom is -0.342 e. The lowest BCUT2D eigenvalue weighted by Gasteiger charge is -2.34. The van der Waals surface area contributed by atoms with Crippen molar-refractivity contribution in [3.63, 3.8) is 0 Å². The molecule has 134 valence electrons. The SMILES string of the molecule is CC(N)C1CCCN(C(=O)CCC(=O)c2ccc(F)c(F)c2)C1.Cl. The minimum atomic E-state index is -1.06. The summed E-state index contributed by atoms with van der Waals surface area (Å²) >= 11 is 0. The molecular formula is C17H23ClF2N2O2. The Morgan fingerprint density at radius 3 is 2.62 bits per heavy atom. The quantitative estimate of drug-likeness (QED) is 0.821. The van der Waals surface area contributed by atoms with E-state index in [9.17, 15) is 18.4 Å². The monoisotopic (exact) mass is 360 g/mol. The van der Waals surface area contributed by atoms with Crippen molar-refractivity contribution < 1.29 is 18.4 Å². The number of nitrogens with zero attached hydrogens (tertiary/aromatic N) is 1. The molecule has 0 aromatic heterocycles. The molecule has 2 N–H and O–H groups in total. The maximum Gasteiger partial charge on any atom is 0.223 e. The number of carbonyl (C=O) groups is 2. The standard InChI is InChI=1S/C17H22F2N2O2.ClH/c1-11(20)13-3-2-8-21(10-13)17(23)7-6-16(22)12-4-5-14(18)15(19)9-12;/h4-5,9,11,13H,2-3,6-8,10,20H2,1H3;1H. The van der Waals surface area contributed by atoms with Crippen LogP contribution in [0.4, 0.5) is 8.78 Å². The molecule has 2 rings (SSSR count). The molecule has 2 atom stereocenters. The second kappa shape index (κ2) is 9.08. The fourth-order valence-electron chi connectivity index (χ4n) is 2.86. The van der Waals surface area contributed by atoms with Gasteiger partial charge in [0.15, 0.2) is 17.4 Å². The summed E-state index contributed by atoms with van der Waals surface area (Å²) in [6, 6.07) is 3.06. The fourth-order valence-corrected chi connectivity index (χ4v) is 2.86. The second-order valence-corrected chi connectivity index (χ2v) is 6.15. The van der Waals surface area contributed by atoms with Gasteiger partial charge in [0.2, 0.25) is 5.91 Å². The van der Waals surface area contributed by atoms with E-state index in [2.05, 4.69) is 0 Å². The van der Waals surface area contributed by atoms with Gasteiger partial charge in [-0.3, -0.25) is 9.59 Å². The smallest absolute Gasteiger partial charge is 0.223 e. The lowest BCUT2D eigenvalue weighted by atomic mass is 9.92. The molecule has 1 amide bonds. The third kappa shape index (κ3) is 5.24. The number of benzene rings is 1. The number of halogens is 3. The van der Waals surface area contributed by atoms with Crippen molar-refractivity contribution in [3.05, 3.63) is 35.4 Å². The van der Waals surface area contributed by atoms with Crippen LogP contribution in [0.3, 0.4) is 0 Å². The van der Waals surface area contributed by atoms with Crippen molar-refractivity contribution in [1.82, 2.24) is 4.90 Å². The van der Waals surface area contributed by atoms with Crippen molar-refractivity contribution >= 4 is 24.1 Å². The maximum atomic E-state index is 13.1. The molecule has 1 aliphatic heterocycles. The summed E-state index contributed by atoms with van der Waals surface area (Å²) in [6.07, 6.45) is 1.98. The molecule has 0 bridgehead atoms. The van der Waals surface area contributed by atoms with E-state index in [0.29, 0.717) is 13.1 Å². The largest absolute Gasteiger partial charge is 0.342 e. The van der Waals surface area contributed by atoms with Crippen LogP contribution in [0.15, 0.2) is 18.2 Å². The van der Waals surface area contributed by atoms with Crippen LogP contribution in [0.5, 0.6) is 0 Å². The number of hydrogen-bond acceptors (Lipinski definition) is 3. The molecule has 1 heterocycles. The first-order chi connectivity index (χ1) is 10.9. The van der Waals surface area contributed by atoms with E-state index in [0.717, 1.165) is 25.0 Å². The lowest BCUT2D eigenvalue weighted by molar-refractivity contribution is -0.133. The Balaban J connectivity index is 0.00000288. The summed E-state index contributed by atoms with van der Waals surface area (Å²) in [4.78, 5) is 26.0. The first-order valence-corrected chi connectivity index (χ1v) is 7.90. The number of hydrogen-bond donors (Lipinski definition) is 1. The van der Waals surface area contributed by atoms with Crippen LogP contribution in [0, 0.1) is 17.6 Å². The van der Waals surface area contributed by atoms with Gasteiger partial charge in [0.25, 0.3) is 0 Å². The molecule has 2 unspecified atom stereocenters. The van der Waals surface area contributed by atoms with Gasteiger partial charge in [-0.25, -0.2) is 8.78 Å². The van der Waals surface area contributed by atoms with Crippen molar-refractivity contribution in [2.45, 2.75) is 38.6 Å². The molecule has 1 aromatic rings. The van der Waals surface area contributed by atoms with Crippen LogP contribution in [0.1, 0.15) is 43.0 Å². The van der Waals surface area contributed by atoms with E-state index in [1.165, 1.54) is 6.07 Å².